The number of piperidine rings is 1. The van der Waals surface area contributed by atoms with Crippen LogP contribution < -0.4 is 5.32 Å². The molecule has 0 aromatic heterocycles. The number of nitrogens with one attached hydrogen (secondary N) is 1. The van der Waals surface area contributed by atoms with Crippen molar-refractivity contribution in [2.45, 2.75) is 78.7 Å². The Hall–Kier alpha value is -0.340. The Balaban J connectivity index is 1.65. The molecule has 0 bridgehead atoms. The van der Waals surface area contributed by atoms with E-state index in [1.54, 1.807) is 0 Å². The second kappa shape index (κ2) is 8.67. The topological polar surface area (TPSA) is 15.3 Å². The number of hydrogen-bond donors (Lipinski definition) is 1. The van der Waals surface area contributed by atoms with E-state index in [1.807, 2.05) is 0 Å². The van der Waals surface area contributed by atoms with Crippen molar-refractivity contribution in [3.8, 4) is 0 Å². The zero-order valence-electron chi connectivity index (χ0n) is 16.2. The van der Waals surface area contributed by atoms with Gasteiger partial charge in [0.25, 0.3) is 0 Å². The van der Waals surface area contributed by atoms with Gasteiger partial charge in [-0.1, -0.05) is 39.8 Å². The van der Waals surface area contributed by atoms with Crippen LogP contribution in [-0.4, -0.2) is 37.1 Å². The third-order valence-corrected chi connectivity index (χ3v) is 6.28. The molecule has 2 heteroatoms. The molecule has 134 valence electrons. The lowest BCUT2D eigenvalue weighted by molar-refractivity contribution is 0.0537. The molecule has 1 spiro atoms. The van der Waals surface area contributed by atoms with Crippen molar-refractivity contribution < 1.29 is 0 Å². The quantitative estimate of drug-likeness (QED) is 0.674. The van der Waals surface area contributed by atoms with E-state index in [0.29, 0.717) is 11.3 Å². The Kier molecular flexibility index (Phi) is 7.16. The van der Waals surface area contributed by atoms with Crippen molar-refractivity contribution >= 4 is 0 Å². The average molecular weight is 321 g/mol. The first-order valence-electron chi connectivity index (χ1n) is 10.0. The molecular formula is C21H40N2. The van der Waals surface area contributed by atoms with E-state index >= 15 is 0 Å². The molecule has 2 fully saturated rings. The molecular weight excluding hydrogens is 280 g/mol. The summed E-state index contributed by atoms with van der Waals surface area (Å²) in [6.45, 7) is 18.5. The van der Waals surface area contributed by atoms with E-state index in [1.165, 1.54) is 63.7 Å². The zero-order chi connectivity index (χ0) is 16.9. The molecule has 0 radical (unpaired) electrons. The molecule has 2 aliphatic rings. The molecule has 1 aliphatic heterocycles. The molecule has 2 rings (SSSR count). The van der Waals surface area contributed by atoms with Gasteiger partial charge in [0.15, 0.2) is 0 Å². The normalized spacial score (nSPS) is 23.0. The first kappa shape index (κ1) is 19.0. The van der Waals surface area contributed by atoms with E-state index < -0.39 is 0 Å². The van der Waals surface area contributed by atoms with Crippen molar-refractivity contribution in [1.29, 1.82) is 0 Å². The van der Waals surface area contributed by atoms with Gasteiger partial charge >= 0.3 is 0 Å². The van der Waals surface area contributed by atoms with Crippen LogP contribution in [0.3, 0.4) is 0 Å². The maximum Gasteiger partial charge on any atom is 0.00675 e. The zero-order valence-corrected chi connectivity index (χ0v) is 16.2. The van der Waals surface area contributed by atoms with Gasteiger partial charge in [0.05, 0.1) is 0 Å². The fraction of sp³-hybridized carbons (Fsp3) is 0.905. The summed E-state index contributed by atoms with van der Waals surface area (Å²) in [5, 5.41) is 3.79. The molecule has 1 saturated heterocycles. The predicted octanol–water partition coefficient (Wildman–Crippen LogP) is 4.86. The summed E-state index contributed by atoms with van der Waals surface area (Å²) in [5.74, 6) is 1.44. The van der Waals surface area contributed by atoms with Crippen molar-refractivity contribution in [2.75, 3.05) is 26.2 Å². The highest BCUT2D eigenvalue weighted by Gasteiger charge is 2.37. The lowest BCUT2D eigenvalue weighted by Gasteiger charge is -2.46. The summed E-state index contributed by atoms with van der Waals surface area (Å²) in [4.78, 5) is 2.69. The first-order chi connectivity index (χ1) is 10.9. The predicted molar refractivity (Wildman–Crippen MR) is 102 cm³/mol. The third kappa shape index (κ3) is 5.90. The van der Waals surface area contributed by atoms with Crippen LogP contribution in [0.15, 0.2) is 12.2 Å². The van der Waals surface area contributed by atoms with Crippen molar-refractivity contribution in [2.24, 2.45) is 17.3 Å². The molecule has 1 N–H and O–H groups in total. The highest BCUT2D eigenvalue weighted by Crippen LogP contribution is 2.44. The SMILES string of the molecule is C=C(CCNC1CCC2(CC1)CCN(CC(C)C)CC2)C(C)C. The van der Waals surface area contributed by atoms with Crippen LogP contribution in [0.5, 0.6) is 0 Å². The van der Waals surface area contributed by atoms with E-state index in [4.69, 9.17) is 0 Å². The fourth-order valence-electron chi connectivity index (χ4n) is 4.39. The fourth-order valence-corrected chi connectivity index (χ4v) is 4.39. The van der Waals surface area contributed by atoms with Gasteiger partial charge in [-0.25, -0.2) is 0 Å². The minimum Gasteiger partial charge on any atom is -0.314 e. The summed E-state index contributed by atoms with van der Waals surface area (Å²) in [7, 11) is 0. The maximum absolute atomic E-state index is 4.19. The van der Waals surface area contributed by atoms with Crippen LogP contribution in [0.4, 0.5) is 0 Å². The highest BCUT2D eigenvalue weighted by atomic mass is 15.1. The van der Waals surface area contributed by atoms with Gasteiger partial charge < -0.3 is 10.2 Å². The molecule has 0 atom stereocenters. The lowest BCUT2D eigenvalue weighted by Crippen LogP contribution is -2.45. The molecule has 0 aromatic carbocycles. The lowest BCUT2D eigenvalue weighted by atomic mass is 9.67. The van der Waals surface area contributed by atoms with Gasteiger partial charge in [-0.2, -0.15) is 0 Å². The molecule has 23 heavy (non-hydrogen) atoms. The minimum absolute atomic E-state index is 0.627. The molecule has 1 saturated carbocycles. The van der Waals surface area contributed by atoms with Crippen molar-refractivity contribution in [3.05, 3.63) is 12.2 Å². The Morgan fingerprint density at radius 2 is 1.70 bits per heavy atom. The Bertz CT molecular complexity index is 354. The van der Waals surface area contributed by atoms with Gasteiger partial charge in [-0.15, -0.1) is 0 Å². The van der Waals surface area contributed by atoms with Crippen molar-refractivity contribution in [3.63, 3.8) is 0 Å². The average Bonchev–Trinajstić information content (AvgIpc) is 2.51. The van der Waals surface area contributed by atoms with E-state index in [2.05, 4.69) is 44.5 Å². The molecule has 0 aromatic rings. The van der Waals surface area contributed by atoms with E-state index in [9.17, 15) is 0 Å². The van der Waals surface area contributed by atoms with Gasteiger partial charge in [0.2, 0.25) is 0 Å². The van der Waals surface area contributed by atoms with Gasteiger partial charge in [0.1, 0.15) is 0 Å². The standard InChI is InChI=1S/C21H40N2/c1-17(2)16-23-14-11-21(12-15-23)9-6-20(7-10-21)22-13-8-19(5)18(3)4/h17-18,20,22H,5-16H2,1-4H3. The van der Waals surface area contributed by atoms with Crippen molar-refractivity contribution in [1.82, 2.24) is 10.2 Å². The van der Waals surface area contributed by atoms with Crippen LogP contribution in [-0.2, 0) is 0 Å². The molecule has 2 nitrogen and oxygen atoms in total. The number of rotatable bonds is 7. The largest absolute Gasteiger partial charge is 0.314 e. The smallest absolute Gasteiger partial charge is 0.00675 e. The third-order valence-electron chi connectivity index (χ3n) is 6.28. The summed E-state index contributed by atoms with van der Waals surface area (Å²) in [5.41, 5.74) is 2.08. The van der Waals surface area contributed by atoms with Crippen LogP contribution in [0.1, 0.15) is 72.6 Å². The van der Waals surface area contributed by atoms with Crippen LogP contribution in [0.2, 0.25) is 0 Å². The highest BCUT2D eigenvalue weighted by molar-refractivity contribution is 4.98. The summed E-state index contributed by atoms with van der Waals surface area (Å²) in [6, 6.07) is 0.759. The minimum atomic E-state index is 0.627. The van der Waals surface area contributed by atoms with Crippen LogP contribution in [0, 0.1) is 17.3 Å². The summed E-state index contributed by atoms with van der Waals surface area (Å²) < 4.78 is 0. The summed E-state index contributed by atoms with van der Waals surface area (Å²) >= 11 is 0. The van der Waals surface area contributed by atoms with Crippen LogP contribution >= 0.6 is 0 Å². The first-order valence-corrected chi connectivity index (χ1v) is 10.0. The molecule has 1 heterocycles. The number of nitrogens with zero attached hydrogens (tertiary/aromatic N) is 1. The monoisotopic (exact) mass is 320 g/mol. The van der Waals surface area contributed by atoms with E-state index in [0.717, 1.165) is 24.9 Å². The number of hydrogen-bond acceptors (Lipinski definition) is 2. The Labute approximate surface area is 145 Å². The number of likely N-dealkylation sites (tertiary alicyclic amines) is 1. The molecule has 0 unspecified atom stereocenters. The Morgan fingerprint density at radius 1 is 1.09 bits per heavy atom. The van der Waals surface area contributed by atoms with Gasteiger partial charge in [-0.3, -0.25) is 0 Å². The maximum atomic E-state index is 4.19. The summed E-state index contributed by atoms with van der Waals surface area (Å²) in [6.07, 6.45) is 9.70. The molecule has 1 aliphatic carbocycles. The Morgan fingerprint density at radius 3 is 2.22 bits per heavy atom. The van der Waals surface area contributed by atoms with Gasteiger partial charge in [-0.05, 0) is 81.8 Å². The molecule has 0 amide bonds. The van der Waals surface area contributed by atoms with Crippen LogP contribution in [0.25, 0.3) is 0 Å². The second-order valence-electron chi connectivity index (χ2n) is 8.99. The second-order valence-corrected chi connectivity index (χ2v) is 8.99. The van der Waals surface area contributed by atoms with Gasteiger partial charge in [0, 0.05) is 12.6 Å². The van der Waals surface area contributed by atoms with E-state index in [-0.39, 0.29) is 0 Å².